The number of nitrogens with zero attached hydrogens (tertiary/aromatic N) is 2. The van der Waals surface area contributed by atoms with Crippen LogP contribution in [0.3, 0.4) is 0 Å². The van der Waals surface area contributed by atoms with Crippen molar-refractivity contribution >= 4 is 22.5 Å². The van der Waals surface area contributed by atoms with E-state index in [4.69, 9.17) is 4.84 Å². The fraction of sp³-hybridized carbons (Fsp3) is 0.125. The Hall–Kier alpha value is -3.78. The summed E-state index contributed by atoms with van der Waals surface area (Å²) in [6, 6.07) is 14.2. The third kappa shape index (κ3) is 4.17. The van der Waals surface area contributed by atoms with Gasteiger partial charge >= 0.3 is 0 Å². The maximum atomic E-state index is 14.9. The van der Waals surface area contributed by atoms with Gasteiger partial charge in [-0.3, -0.25) is 20.1 Å². The molecule has 4 aromatic rings. The topological polar surface area (TPSA) is 64.1 Å². The van der Waals surface area contributed by atoms with E-state index in [1.807, 2.05) is 37.3 Å². The number of anilines is 1. The number of benzene rings is 3. The summed E-state index contributed by atoms with van der Waals surface area (Å²) in [4.78, 5) is 26.8. The summed E-state index contributed by atoms with van der Waals surface area (Å²) in [5, 5.41) is 0. The van der Waals surface area contributed by atoms with Gasteiger partial charge in [-0.05, 0) is 24.6 Å². The Labute approximate surface area is 181 Å². The number of hydrogen-bond acceptors (Lipinski definition) is 5. The van der Waals surface area contributed by atoms with Gasteiger partial charge in [0.05, 0.1) is 35.1 Å². The van der Waals surface area contributed by atoms with Crippen molar-refractivity contribution in [2.24, 2.45) is 0 Å². The van der Waals surface area contributed by atoms with E-state index >= 15 is 0 Å². The predicted molar refractivity (Wildman–Crippen MR) is 115 cm³/mol. The van der Waals surface area contributed by atoms with E-state index in [0.29, 0.717) is 29.2 Å². The first-order valence-electron chi connectivity index (χ1n) is 9.91. The highest BCUT2D eigenvalue weighted by Crippen LogP contribution is 2.27. The van der Waals surface area contributed by atoms with Crippen LogP contribution in [-0.4, -0.2) is 22.4 Å². The lowest BCUT2D eigenvalue weighted by atomic mass is 10.0. The van der Waals surface area contributed by atoms with E-state index in [-0.39, 0.29) is 12.2 Å². The van der Waals surface area contributed by atoms with E-state index in [1.54, 1.807) is 6.20 Å². The van der Waals surface area contributed by atoms with Gasteiger partial charge in [-0.2, -0.15) is 0 Å². The number of halogens is 3. The monoisotopic (exact) mass is 437 g/mol. The van der Waals surface area contributed by atoms with E-state index in [2.05, 4.69) is 15.4 Å². The highest BCUT2D eigenvalue weighted by Gasteiger charge is 2.26. The number of carbonyl (C=O) groups is 1. The molecule has 5 nitrogen and oxygen atoms in total. The Kier molecular flexibility index (Phi) is 6.13. The molecular formula is C24H18F3N3O2. The predicted octanol–water partition coefficient (Wildman–Crippen LogP) is 5.70. The van der Waals surface area contributed by atoms with Crippen molar-refractivity contribution in [3.8, 4) is 11.3 Å². The van der Waals surface area contributed by atoms with Gasteiger partial charge in [-0.25, -0.2) is 18.2 Å². The number of rotatable bonds is 7. The molecule has 0 unspecified atom stereocenters. The Bertz CT molecular complexity index is 1300. The van der Waals surface area contributed by atoms with Crippen molar-refractivity contribution in [3.63, 3.8) is 0 Å². The normalized spacial score (nSPS) is 11.0. The molecule has 0 spiro atoms. The highest BCUT2D eigenvalue weighted by molar-refractivity contribution is 6.11. The van der Waals surface area contributed by atoms with Gasteiger partial charge in [-0.1, -0.05) is 37.3 Å². The molecule has 3 aromatic carbocycles. The number of nitrogens with one attached hydrogen (secondary N) is 1. The van der Waals surface area contributed by atoms with Gasteiger partial charge < -0.3 is 0 Å². The summed E-state index contributed by atoms with van der Waals surface area (Å²) >= 11 is 0. The van der Waals surface area contributed by atoms with Crippen LogP contribution in [0, 0.1) is 17.5 Å². The SMILES string of the molecule is CCCONc1cc(F)c(F)c(C(=O)c2ccc3ncc(-c4ccccc4)nc3c2)c1F. The summed E-state index contributed by atoms with van der Waals surface area (Å²) in [7, 11) is 0. The van der Waals surface area contributed by atoms with Gasteiger partial charge in [-0.15, -0.1) is 0 Å². The fourth-order valence-electron chi connectivity index (χ4n) is 3.15. The summed E-state index contributed by atoms with van der Waals surface area (Å²) < 4.78 is 43.4. The summed E-state index contributed by atoms with van der Waals surface area (Å²) in [6.45, 7) is 2.04. The average molecular weight is 437 g/mol. The molecule has 0 saturated heterocycles. The van der Waals surface area contributed by atoms with Crippen molar-refractivity contribution in [2.75, 3.05) is 12.1 Å². The largest absolute Gasteiger partial charge is 0.288 e. The lowest BCUT2D eigenvalue weighted by Gasteiger charge is -2.12. The van der Waals surface area contributed by atoms with Crippen molar-refractivity contribution in [2.45, 2.75) is 13.3 Å². The van der Waals surface area contributed by atoms with Crippen LogP contribution in [0.15, 0.2) is 60.8 Å². The fourth-order valence-corrected chi connectivity index (χ4v) is 3.15. The Morgan fingerprint density at radius 2 is 1.78 bits per heavy atom. The van der Waals surface area contributed by atoms with Crippen LogP contribution in [0.25, 0.3) is 22.3 Å². The molecule has 0 atom stereocenters. The molecule has 0 aliphatic heterocycles. The number of hydrogen-bond donors (Lipinski definition) is 1. The molecule has 0 saturated carbocycles. The molecule has 0 aliphatic carbocycles. The Morgan fingerprint density at radius 1 is 1.00 bits per heavy atom. The van der Waals surface area contributed by atoms with E-state index < -0.39 is 34.5 Å². The third-order valence-electron chi connectivity index (χ3n) is 4.75. The molecule has 0 fully saturated rings. The minimum absolute atomic E-state index is 0.0548. The van der Waals surface area contributed by atoms with Crippen molar-refractivity contribution < 1.29 is 22.8 Å². The molecule has 162 valence electrons. The van der Waals surface area contributed by atoms with Crippen LogP contribution in [0.4, 0.5) is 18.9 Å². The second kappa shape index (κ2) is 9.15. The first-order chi connectivity index (χ1) is 15.5. The van der Waals surface area contributed by atoms with Crippen molar-refractivity contribution in [1.82, 2.24) is 9.97 Å². The molecule has 32 heavy (non-hydrogen) atoms. The van der Waals surface area contributed by atoms with Crippen LogP contribution >= 0.6 is 0 Å². The van der Waals surface area contributed by atoms with Gasteiger partial charge in [0.15, 0.2) is 23.2 Å². The Morgan fingerprint density at radius 3 is 2.53 bits per heavy atom. The second-order valence-electron chi connectivity index (χ2n) is 7.01. The van der Waals surface area contributed by atoms with Gasteiger partial charge in [0.2, 0.25) is 0 Å². The molecule has 1 N–H and O–H groups in total. The summed E-state index contributed by atoms with van der Waals surface area (Å²) in [6.07, 6.45) is 2.21. The smallest absolute Gasteiger partial charge is 0.199 e. The Balaban J connectivity index is 1.75. The highest BCUT2D eigenvalue weighted by atomic mass is 19.2. The number of aromatic nitrogens is 2. The molecule has 8 heteroatoms. The summed E-state index contributed by atoms with van der Waals surface area (Å²) in [5.74, 6) is -5.21. The minimum atomic E-state index is -1.57. The molecule has 1 aromatic heterocycles. The molecule has 1 heterocycles. The third-order valence-corrected chi connectivity index (χ3v) is 4.75. The second-order valence-corrected chi connectivity index (χ2v) is 7.01. The molecule has 0 aliphatic rings. The zero-order valence-electron chi connectivity index (χ0n) is 17.0. The van der Waals surface area contributed by atoms with E-state index in [9.17, 15) is 18.0 Å². The van der Waals surface area contributed by atoms with E-state index in [1.165, 1.54) is 18.2 Å². The molecular weight excluding hydrogens is 419 g/mol. The maximum absolute atomic E-state index is 14.9. The zero-order valence-corrected chi connectivity index (χ0v) is 17.0. The summed E-state index contributed by atoms with van der Waals surface area (Å²) in [5.41, 5.74) is 2.95. The van der Waals surface area contributed by atoms with Crippen LogP contribution in [0.5, 0.6) is 0 Å². The van der Waals surface area contributed by atoms with Gasteiger partial charge in [0.1, 0.15) is 5.69 Å². The minimum Gasteiger partial charge on any atom is -0.288 e. The van der Waals surface area contributed by atoms with Crippen LogP contribution in [0.1, 0.15) is 29.3 Å². The number of fused-ring (bicyclic) bond motifs is 1. The zero-order chi connectivity index (χ0) is 22.7. The van der Waals surface area contributed by atoms with Crippen LogP contribution in [0.2, 0.25) is 0 Å². The van der Waals surface area contributed by atoms with Gasteiger partial charge in [0, 0.05) is 17.2 Å². The maximum Gasteiger partial charge on any atom is 0.199 e. The quantitative estimate of drug-likeness (QED) is 0.174. The molecule has 0 amide bonds. The number of ketones is 1. The molecule has 4 rings (SSSR count). The van der Waals surface area contributed by atoms with Crippen LogP contribution in [-0.2, 0) is 4.84 Å². The van der Waals surface area contributed by atoms with E-state index in [0.717, 1.165) is 5.56 Å². The standard InChI is InChI=1S/C24H18F3N3O2/c1-2-10-32-30-19-12-16(25)22(26)21(23(19)27)24(31)15-8-9-17-18(11-15)29-20(13-28-17)14-6-4-3-5-7-14/h3-9,11-13,30H,2,10H2,1H3. The molecule has 0 bridgehead atoms. The van der Waals surface area contributed by atoms with Crippen molar-refractivity contribution in [3.05, 3.63) is 89.4 Å². The van der Waals surface area contributed by atoms with Crippen LogP contribution < -0.4 is 5.48 Å². The number of carbonyl (C=O) groups excluding carboxylic acids is 1. The molecule has 0 radical (unpaired) electrons. The first-order valence-corrected chi connectivity index (χ1v) is 9.91. The first kappa shape index (κ1) is 21.5. The average Bonchev–Trinajstić information content (AvgIpc) is 2.82. The lowest BCUT2D eigenvalue weighted by Crippen LogP contribution is -2.13. The van der Waals surface area contributed by atoms with Gasteiger partial charge in [0.25, 0.3) is 0 Å². The van der Waals surface area contributed by atoms with Crippen molar-refractivity contribution in [1.29, 1.82) is 0 Å². The lowest BCUT2D eigenvalue weighted by molar-refractivity contribution is 0.103.